The average molecular weight is 173 g/mol. The van der Waals surface area contributed by atoms with Crippen molar-refractivity contribution in [2.24, 2.45) is 5.92 Å². The van der Waals surface area contributed by atoms with Crippen LogP contribution >= 0.6 is 0 Å². The zero-order valence-corrected chi connectivity index (χ0v) is 8.64. The molecular formula is C10H23NO. The minimum atomic E-state index is 0.297. The van der Waals surface area contributed by atoms with Crippen molar-refractivity contribution in [3.05, 3.63) is 0 Å². The molecule has 2 nitrogen and oxygen atoms in total. The first-order valence-corrected chi connectivity index (χ1v) is 5.10. The third kappa shape index (κ3) is 4.73. The highest BCUT2D eigenvalue weighted by Crippen LogP contribution is 2.10. The maximum absolute atomic E-state index is 8.84. The molecule has 0 heterocycles. The van der Waals surface area contributed by atoms with Gasteiger partial charge in [-0.15, -0.1) is 0 Å². The number of aliphatic hydroxyl groups excluding tert-OH is 1. The highest BCUT2D eigenvalue weighted by Gasteiger charge is 2.13. The van der Waals surface area contributed by atoms with Crippen LogP contribution < -0.4 is 5.32 Å². The molecule has 0 bridgehead atoms. The summed E-state index contributed by atoms with van der Waals surface area (Å²) in [6.07, 6.45) is 3.23. The standard InChI is InChI=1S/C10H23NO/c1-4-7-11-10(6-8-12)9(3)5-2/h9-12H,4-8H2,1-3H3. The maximum Gasteiger partial charge on any atom is 0.0445 e. The van der Waals surface area contributed by atoms with E-state index in [-0.39, 0.29) is 0 Å². The van der Waals surface area contributed by atoms with Gasteiger partial charge in [-0.05, 0) is 25.3 Å². The molecular weight excluding hydrogens is 150 g/mol. The molecule has 0 aliphatic carbocycles. The van der Waals surface area contributed by atoms with Gasteiger partial charge in [-0.25, -0.2) is 0 Å². The van der Waals surface area contributed by atoms with E-state index in [1.165, 1.54) is 12.8 Å². The molecule has 2 N–H and O–H groups in total. The fourth-order valence-corrected chi connectivity index (χ4v) is 1.34. The molecule has 0 fully saturated rings. The minimum Gasteiger partial charge on any atom is -0.396 e. The first kappa shape index (κ1) is 11.9. The third-order valence-corrected chi connectivity index (χ3v) is 2.43. The predicted molar refractivity (Wildman–Crippen MR) is 53.2 cm³/mol. The Morgan fingerprint density at radius 3 is 2.42 bits per heavy atom. The Balaban J connectivity index is 3.68. The molecule has 0 spiro atoms. The number of aliphatic hydroxyl groups is 1. The second-order valence-corrected chi connectivity index (χ2v) is 3.46. The van der Waals surface area contributed by atoms with Crippen LogP contribution in [0.4, 0.5) is 0 Å². The lowest BCUT2D eigenvalue weighted by molar-refractivity contribution is 0.238. The van der Waals surface area contributed by atoms with Crippen LogP contribution in [0.25, 0.3) is 0 Å². The van der Waals surface area contributed by atoms with Crippen molar-refractivity contribution in [1.82, 2.24) is 5.32 Å². The maximum atomic E-state index is 8.84. The summed E-state index contributed by atoms with van der Waals surface area (Å²) in [7, 11) is 0. The molecule has 0 aliphatic heterocycles. The molecule has 12 heavy (non-hydrogen) atoms. The highest BCUT2D eigenvalue weighted by molar-refractivity contribution is 4.71. The smallest absolute Gasteiger partial charge is 0.0445 e. The molecule has 0 saturated carbocycles. The molecule has 74 valence electrons. The van der Waals surface area contributed by atoms with Crippen LogP contribution in [0.5, 0.6) is 0 Å². The number of rotatable bonds is 7. The van der Waals surface area contributed by atoms with E-state index in [1.54, 1.807) is 0 Å². The lowest BCUT2D eigenvalue weighted by Gasteiger charge is -2.23. The van der Waals surface area contributed by atoms with Gasteiger partial charge in [-0.2, -0.15) is 0 Å². The normalized spacial score (nSPS) is 16.0. The Bertz CT molecular complexity index is 95.8. The summed E-state index contributed by atoms with van der Waals surface area (Å²) in [6.45, 7) is 7.96. The van der Waals surface area contributed by atoms with Crippen molar-refractivity contribution in [2.75, 3.05) is 13.2 Å². The van der Waals surface area contributed by atoms with Crippen LogP contribution in [0.15, 0.2) is 0 Å². The van der Waals surface area contributed by atoms with E-state index in [1.807, 2.05) is 0 Å². The molecule has 0 radical (unpaired) electrons. The summed E-state index contributed by atoms with van der Waals surface area (Å²) < 4.78 is 0. The van der Waals surface area contributed by atoms with Crippen LogP contribution in [0.2, 0.25) is 0 Å². The number of nitrogens with one attached hydrogen (secondary N) is 1. The summed E-state index contributed by atoms with van der Waals surface area (Å²) in [5.74, 6) is 0.670. The fraction of sp³-hybridized carbons (Fsp3) is 1.00. The lowest BCUT2D eigenvalue weighted by Crippen LogP contribution is -2.36. The van der Waals surface area contributed by atoms with Crippen LogP contribution in [0.3, 0.4) is 0 Å². The van der Waals surface area contributed by atoms with Crippen molar-refractivity contribution in [3.8, 4) is 0 Å². The lowest BCUT2D eigenvalue weighted by atomic mass is 9.96. The van der Waals surface area contributed by atoms with E-state index in [2.05, 4.69) is 26.1 Å². The van der Waals surface area contributed by atoms with Gasteiger partial charge in [0.05, 0.1) is 0 Å². The fourth-order valence-electron chi connectivity index (χ4n) is 1.34. The summed E-state index contributed by atoms with van der Waals surface area (Å²) in [5, 5.41) is 12.3. The Labute approximate surface area is 76.4 Å². The van der Waals surface area contributed by atoms with Gasteiger partial charge in [0, 0.05) is 12.6 Å². The van der Waals surface area contributed by atoms with E-state index in [0.29, 0.717) is 18.6 Å². The van der Waals surface area contributed by atoms with Crippen LogP contribution in [-0.2, 0) is 0 Å². The Morgan fingerprint density at radius 2 is 2.00 bits per heavy atom. The van der Waals surface area contributed by atoms with Gasteiger partial charge >= 0.3 is 0 Å². The molecule has 0 amide bonds. The minimum absolute atomic E-state index is 0.297. The Morgan fingerprint density at radius 1 is 1.33 bits per heavy atom. The SMILES string of the molecule is CCCNC(CCO)C(C)CC. The van der Waals surface area contributed by atoms with Gasteiger partial charge in [-0.1, -0.05) is 27.2 Å². The molecule has 0 aromatic rings. The summed E-state index contributed by atoms with van der Waals surface area (Å²) >= 11 is 0. The van der Waals surface area contributed by atoms with Crippen molar-refractivity contribution >= 4 is 0 Å². The molecule has 0 rings (SSSR count). The Hall–Kier alpha value is -0.0800. The first-order valence-electron chi connectivity index (χ1n) is 5.10. The molecule has 2 atom stereocenters. The average Bonchev–Trinajstić information content (AvgIpc) is 2.11. The van der Waals surface area contributed by atoms with Crippen molar-refractivity contribution in [2.45, 2.75) is 46.1 Å². The van der Waals surface area contributed by atoms with Crippen molar-refractivity contribution in [3.63, 3.8) is 0 Å². The monoisotopic (exact) mass is 173 g/mol. The van der Waals surface area contributed by atoms with Gasteiger partial charge in [0.25, 0.3) is 0 Å². The summed E-state index contributed by atoms with van der Waals surface area (Å²) in [5.41, 5.74) is 0. The van der Waals surface area contributed by atoms with Gasteiger partial charge in [0.2, 0.25) is 0 Å². The van der Waals surface area contributed by atoms with Gasteiger partial charge in [0.15, 0.2) is 0 Å². The molecule has 0 aliphatic rings. The van der Waals surface area contributed by atoms with E-state index in [4.69, 9.17) is 5.11 Å². The summed E-state index contributed by atoms with van der Waals surface area (Å²) in [4.78, 5) is 0. The zero-order chi connectivity index (χ0) is 9.40. The quantitative estimate of drug-likeness (QED) is 0.615. The van der Waals surface area contributed by atoms with Gasteiger partial charge in [0.1, 0.15) is 0 Å². The largest absolute Gasteiger partial charge is 0.396 e. The molecule has 0 aromatic carbocycles. The Kier molecular flexibility index (Phi) is 7.51. The van der Waals surface area contributed by atoms with Crippen molar-refractivity contribution < 1.29 is 5.11 Å². The van der Waals surface area contributed by atoms with Crippen LogP contribution in [-0.4, -0.2) is 24.3 Å². The third-order valence-electron chi connectivity index (χ3n) is 2.43. The topological polar surface area (TPSA) is 32.3 Å². The second-order valence-electron chi connectivity index (χ2n) is 3.46. The highest BCUT2D eigenvalue weighted by atomic mass is 16.3. The predicted octanol–water partition coefficient (Wildman–Crippen LogP) is 1.78. The first-order chi connectivity index (χ1) is 5.76. The molecule has 2 unspecified atom stereocenters. The number of hydrogen-bond donors (Lipinski definition) is 2. The van der Waals surface area contributed by atoms with E-state index >= 15 is 0 Å². The zero-order valence-electron chi connectivity index (χ0n) is 8.64. The van der Waals surface area contributed by atoms with E-state index in [0.717, 1.165) is 13.0 Å². The number of hydrogen-bond acceptors (Lipinski definition) is 2. The van der Waals surface area contributed by atoms with E-state index < -0.39 is 0 Å². The summed E-state index contributed by atoms with van der Waals surface area (Å²) in [6, 6.07) is 0.500. The molecule has 2 heteroatoms. The molecule has 0 saturated heterocycles. The van der Waals surface area contributed by atoms with Gasteiger partial charge < -0.3 is 10.4 Å². The van der Waals surface area contributed by atoms with Crippen LogP contribution in [0, 0.1) is 5.92 Å². The van der Waals surface area contributed by atoms with Crippen molar-refractivity contribution in [1.29, 1.82) is 0 Å². The van der Waals surface area contributed by atoms with Crippen LogP contribution in [0.1, 0.15) is 40.0 Å². The molecule has 0 aromatic heterocycles. The van der Waals surface area contributed by atoms with Gasteiger partial charge in [-0.3, -0.25) is 0 Å². The second kappa shape index (κ2) is 7.56. The van der Waals surface area contributed by atoms with E-state index in [9.17, 15) is 0 Å².